The van der Waals surface area contributed by atoms with Crippen LogP contribution in [-0.2, 0) is 14.8 Å². The van der Waals surface area contributed by atoms with Crippen molar-refractivity contribution in [1.82, 2.24) is 4.31 Å². The fourth-order valence-corrected chi connectivity index (χ4v) is 4.12. The van der Waals surface area contributed by atoms with Crippen LogP contribution in [0.2, 0.25) is 10.0 Å². The number of likely N-dealkylation sites (N-methyl/N-ethyl adjacent to an activating group) is 1. The van der Waals surface area contributed by atoms with Crippen molar-refractivity contribution in [2.45, 2.75) is 4.90 Å². The Hall–Kier alpha value is -1.67. The average Bonchev–Trinajstić information content (AvgIpc) is 2.49. The largest absolute Gasteiger partial charge is 0.325 e. The topological polar surface area (TPSA) is 66.5 Å². The number of hydrogen-bond acceptors (Lipinski definition) is 3. The minimum Gasteiger partial charge on any atom is -0.325 e. The third kappa shape index (κ3) is 4.24. The normalized spacial score (nSPS) is 11.5. The van der Waals surface area contributed by atoms with Gasteiger partial charge in [-0.15, -0.1) is 0 Å². The molecule has 0 atom stereocenters. The van der Waals surface area contributed by atoms with Crippen molar-refractivity contribution < 1.29 is 17.6 Å². The van der Waals surface area contributed by atoms with Gasteiger partial charge in [0, 0.05) is 12.7 Å². The van der Waals surface area contributed by atoms with Gasteiger partial charge >= 0.3 is 0 Å². The van der Waals surface area contributed by atoms with Crippen LogP contribution in [0.1, 0.15) is 0 Å². The number of sulfonamides is 1. The molecule has 0 spiro atoms. The molecule has 2 aromatic carbocycles. The Morgan fingerprint density at radius 3 is 2.21 bits per heavy atom. The summed E-state index contributed by atoms with van der Waals surface area (Å²) in [6, 6.07) is 9.41. The van der Waals surface area contributed by atoms with E-state index in [9.17, 15) is 17.6 Å². The summed E-state index contributed by atoms with van der Waals surface area (Å²) in [5.41, 5.74) is 0.350. The van der Waals surface area contributed by atoms with Crippen molar-refractivity contribution in [3.05, 3.63) is 58.3 Å². The van der Waals surface area contributed by atoms with E-state index in [1.165, 1.54) is 49.5 Å². The summed E-state index contributed by atoms with van der Waals surface area (Å²) in [4.78, 5) is 11.7. The molecular weight excluding hydrogens is 378 g/mol. The zero-order chi connectivity index (χ0) is 17.9. The lowest BCUT2D eigenvalue weighted by molar-refractivity contribution is -0.116. The average molecular weight is 391 g/mol. The molecule has 1 N–H and O–H groups in total. The number of carbonyl (C=O) groups excluding carboxylic acids is 1. The quantitative estimate of drug-likeness (QED) is 0.850. The Labute approximate surface area is 149 Å². The summed E-state index contributed by atoms with van der Waals surface area (Å²) in [5.74, 6) is -1.03. The van der Waals surface area contributed by atoms with Gasteiger partial charge in [0.1, 0.15) is 10.7 Å². The van der Waals surface area contributed by atoms with E-state index in [2.05, 4.69) is 5.32 Å². The Morgan fingerprint density at radius 2 is 1.67 bits per heavy atom. The lowest BCUT2D eigenvalue weighted by Gasteiger charge is -2.18. The van der Waals surface area contributed by atoms with E-state index in [0.717, 1.165) is 4.31 Å². The van der Waals surface area contributed by atoms with E-state index in [1.807, 2.05) is 0 Å². The van der Waals surface area contributed by atoms with Crippen LogP contribution >= 0.6 is 23.2 Å². The number of amides is 1. The number of rotatable bonds is 5. The van der Waals surface area contributed by atoms with E-state index in [1.54, 1.807) is 0 Å². The number of hydrogen-bond donors (Lipinski definition) is 1. The van der Waals surface area contributed by atoms with Gasteiger partial charge in [-0.3, -0.25) is 4.79 Å². The fraction of sp³-hybridized carbons (Fsp3) is 0.133. The van der Waals surface area contributed by atoms with Crippen LogP contribution in [0.5, 0.6) is 0 Å². The summed E-state index contributed by atoms with van der Waals surface area (Å²) < 4.78 is 38.7. The summed E-state index contributed by atoms with van der Waals surface area (Å²) in [6.07, 6.45) is 0. The maximum atomic E-state index is 12.8. The molecule has 0 unspecified atom stereocenters. The first-order chi connectivity index (χ1) is 11.2. The lowest BCUT2D eigenvalue weighted by atomic mass is 10.3. The number of halogens is 3. The zero-order valence-electron chi connectivity index (χ0n) is 12.5. The highest BCUT2D eigenvalue weighted by atomic mass is 35.5. The predicted octanol–water partition coefficient (Wildman–Crippen LogP) is 3.39. The van der Waals surface area contributed by atoms with Crippen LogP contribution in [0.4, 0.5) is 10.1 Å². The number of benzene rings is 2. The molecule has 9 heteroatoms. The summed E-state index contributed by atoms with van der Waals surface area (Å²) in [7, 11) is -2.81. The third-order valence-corrected chi connectivity index (χ3v) is 5.84. The van der Waals surface area contributed by atoms with Crippen LogP contribution in [0.3, 0.4) is 0 Å². The molecule has 5 nitrogen and oxygen atoms in total. The lowest BCUT2D eigenvalue weighted by Crippen LogP contribution is -2.35. The van der Waals surface area contributed by atoms with Gasteiger partial charge in [-0.25, -0.2) is 12.8 Å². The second kappa shape index (κ2) is 7.48. The Bertz CT molecular complexity index is 837. The van der Waals surface area contributed by atoms with Gasteiger partial charge in [0.05, 0.1) is 16.6 Å². The van der Waals surface area contributed by atoms with E-state index < -0.39 is 28.3 Å². The second-order valence-electron chi connectivity index (χ2n) is 4.87. The van der Waals surface area contributed by atoms with Gasteiger partial charge in [0.15, 0.2) is 0 Å². The maximum absolute atomic E-state index is 12.8. The van der Waals surface area contributed by atoms with Gasteiger partial charge in [0.25, 0.3) is 0 Å². The van der Waals surface area contributed by atoms with Crippen LogP contribution in [-0.4, -0.2) is 32.2 Å². The summed E-state index contributed by atoms with van der Waals surface area (Å²) >= 11 is 11.8. The molecule has 2 rings (SSSR count). The van der Waals surface area contributed by atoms with Crippen LogP contribution in [0.15, 0.2) is 47.4 Å². The monoisotopic (exact) mass is 390 g/mol. The minimum absolute atomic E-state index is 0.0340. The van der Waals surface area contributed by atoms with Crippen molar-refractivity contribution in [3.63, 3.8) is 0 Å². The van der Waals surface area contributed by atoms with Crippen LogP contribution in [0, 0.1) is 5.82 Å². The van der Waals surface area contributed by atoms with Crippen LogP contribution in [0.25, 0.3) is 0 Å². The Kier molecular flexibility index (Phi) is 5.82. The van der Waals surface area contributed by atoms with Crippen LogP contribution < -0.4 is 5.32 Å². The SMILES string of the molecule is CN(CC(=O)Nc1ccc(F)cc1)S(=O)(=O)c1c(Cl)cccc1Cl. The molecule has 128 valence electrons. The highest BCUT2D eigenvalue weighted by Crippen LogP contribution is 2.30. The number of nitrogens with zero attached hydrogens (tertiary/aromatic N) is 1. The Morgan fingerprint density at radius 1 is 1.12 bits per heavy atom. The van der Waals surface area contributed by atoms with Gasteiger partial charge < -0.3 is 5.32 Å². The maximum Gasteiger partial charge on any atom is 0.246 e. The van der Waals surface area contributed by atoms with Gasteiger partial charge in [-0.2, -0.15) is 4.31 Å². The molecule has 0 heterocycles. The standard InChI is InChI=1S/C15H13Cl2FN2O3S/c1-20(9-14(21)19-11-7-5-10(18)6-8-11)24(22,23)15-12(16)3-2-4-13(15)17/h2-8H,9H2,1H3,(H,19,21). The molecule has 0 aliphatic heterocycles. The summed E-state index contributed by atoms with van der Waals surface area (Å²) in [5, 5.41) is 2.41. The fourth-order valence-electron chi connectivity index (χ4n) is 1.91. The first-order valence-electron chi connectivity index (χ1n) is 6.67. The highest BCUT2D eigenvalue weighted by molar-refractivity contribution is 7.89. The molecule has 2 aromatic rings. The van der Waals surface area contributed by atoms with Crippen molar-refractivity contribution in [3.8, 4) is 0 Å². The molecule has 0 fully saturated rings. The van der Waals surface area contributed by atoms with E-state index in [4.69, 9.17) is 23.2 Å². The zero-order valence-corrected chi connectivity index (χ0v) is 14.8. The van der Waals surface area contributed by atoms with Gasteiger partial charge in [0.2, 0.25) is 15.9 Å². The number of carbonyl (C=O) groups is 1. The molecule has 0 radical (unpaired) electrons. The number of anilines is 1. The van der Waals surface area contributed by atoms with E-state index in [0.29, 0.717) is 5.69 Å². The molecule has 0 saturated heterocycles. The van der Waals surface area contributed by atoms with Gasteiger partial charge in [-0.1, -0.05) is 29.3 Å². The molecule has 0 aromatic heterocycles. The molecule has 0 aliphatic carbocycles. The van der Waals surface area contributed by atoms with Crippen molar-refractivity contribution >= 4 is 44.8 Å². The minimum atomic E-state index is -4.05. The molecule has 24 heavy (non-hydrogen) atoms. The smallest absolute Gasteiger partial charge is 0.246 e. The highest BCUT2D eigenvalue weighted by Gasteiger charge is 2.27. The third-order valence-electron chi connectivity index (χ3n) is 3.08. The summed E-state index contributed by atoms with van der Waals surface area (Å²) in [6.45, 7) is -0.457. The molecular formula is C15H13Cl2FN2O3S. The first-order valence-corrected chi connectivity index (χ1v) is 8.87. The van der Waals surface area contributed by atoms with Crippen molar-refractivity contribution in [1.29, 1.82) is 0 Å². The molecule has 0 bridgehead atoms. The van der Waals surface area contributed by atoms with Gasteiger partial charge in [-0.05, 0) is 36.4 Å². The van der Waals surface area contributed by atoms with Crippen molar-refractivity contribution in [2.24, 2.45) is 0 Å². The first kappa shape index (κ1) is 18.7. The number of nitrogens with one attached hydrogen (secondary N) is 1. The second-order valence-corrected chi connectivity index (χ2v) is 7.66. The predicted molar refractivity (Wildman–Crippen MR) is 91.3 cm³/mol. The molecule has 1 amide bonds. The van der Waals surface area contributed by atoms with E-state index >= 15 is 0 Å². The Balaban J connectivity index is 2.14. The molecule has 0 aliphatic rings. The van der Waals surface area contributed by atoms with E-state index in [-0.39, 0.29) is 14.9 Å². The van der Waals surface area contributed by atoms with Crippen molar-refractivity contribution in [2.75, 3.05) is 18.9 Å². The molecule has 0 saturated carbocycles.